The molecule has 1 aliphatic rings. The third-order valence-electron chi connectivity index (χ3n) is 4.45. The number of nitrogens with two attached hydrogens (primary N) is 1. The summed E-state index contributed by atoms with van der Waals surface area (Å²) in [5, 5.41) is 5.75. The van der Waals surface area contributed by atoms with E-state index in [2.05, 4.69) is 28.5 Å². The maximum atomic E-state index is 12.6. The molecule has 1 aromatic carbocycles. The topological polar surface area (TPSA) is 87.5 Å². The number of benzene rings is 1. The number of unbranched alkanes of at least 4 members (excludes halogenated alkanes) is 1. The molecule has 1 fully saturated rings. The molecule has 0 radical (unpaired) electrons. The molecule has 6 nitrogen and oxygen atoms in total. The smallest absolute Gasteiger partial charge is 0.246 e. The predicted octanol–water partition coefficient (Wildman–Crippen LogP) is 2.25. The lowest BCUT2D eigenvalue weighted by atomic mass is 10.1. The molecule has 1 heterocycles. The van der Waals surface area contributed by atoms with Crippen LogP contribution in [0.15, 0.2) is 24.3 Å². The van der Waals surface area contributed by atoms with E-state index in [0.29, 0.717) is 6.42 Å². The largest absolute Gasteiger partial charge is 0.371 e. The van der Waals surface area contributed by atoms with Crippen LogP contribution in [0.3, 0.4) is 0 Å². The molecular formula is C19H30N4O2. The van der Waals surface area contributed by atoms with Crippen LogP contribution in [0.1, 0.15) is 45.4 Å². The molecule has 0 saturated carbocycles. The van der Waals surface area contributed by atoms with Crippen LogP contribution in [-0.4, -0.2) is 37.5 Å². The molecule has 1 unspecified atom stereocenters. The molecular weight excluding hydrogens is 316 g/mol. The van der Waals surface area contributed by atoms with E-state index in [-0.39, 0.29) is 24.8 Å². The Balaban J connectivity index is 2.00. The standard InChI is InChI=1S/C19H30N4O2/c1-2-3-9-17(22-18(24)10-11-20)19(25)21-15-7-6-8-16(14-15)23-12-4-5-13-23/h6-8,14,17H,2-5,9-13,20H2,1H3,(H,21,25)(H,22,24). The van der Waals surface area contributed by atoms with Crippen molar-refractivity contribution in [1.82, 2.24) is 5.32 Å². The Kier molecular flexibility index (Phi) is 7.73. The molecule has 138 valence electrons. The summed E-state index contributed by atoms with van der Waals surface area (Å²) in [5.74, 6) is -0.345. The Morgan fingerprint density at radius 1 is 1.28 bits per heavy atom. The molecule has 25 heavy (non-hydrogen) atoms. The average Bonchev–Trinajstić information content (AvgIpc) is 3.13. The maximum absolute atomic E-state index is 12.6. The van der Waals surface area contributed by atoms with Crippen LogP contribution >= 0.6 is 0 Å². The van der Waals surface area contributed by atoms with E-state index in [9.17, 15) is 9.59 Å². The number of nitrogens with zero attached hydrogens (tertiary/aromatic N) is 1. The van der Waals surface area contributed by atoms with Gasteiger partial charge in [-0.15, -0.1) is 0 Å². The first-order valence-corrected chi connectivity index (χ1v) is 9.29. The van der Waals surface area contributed by atoms with Crippen LogP contribution in [0.5, 0.6) is 0 Å². The van der Waals surface area contributed by atoms with Gasteiger partial charge in [0.05, 0.1) is 0 Å². The minimum Gasteiger partial charge on any atom is -0.371 e. The molecule has 0 aliphatic carbocycles. The van der Waals surface area contributed by atoms with Crippen molar-refractivity contribution in [2.45, 2.75) is 51.5 Å². The number of nitrogens with one attached hydrogen (secondary N) is 2. The van der Waals surface area contributed by atoms with Crippen LogP contribution in [0.2, 0.25) is 0 Å². The predicted molar refractivity (Wildman–Crippen MR) is 102 cm³/mol. The van der Waals surface area contributed by atoms with Crippen molar-refractivity contribution >= 4 is 23.2 Å². The van der Waals surface area contributed by atoms with Crippen molar-refractivity contribution in [1.29, 1.82) is 0 Å². The van der Waals surface area contributed by atoms with Gasteiger partial charge in [-0.25, -0.2) is 0 Å². The first-order valence-electron chi connectivity index (χ1n) is 9.29. The zero-order valence-corrected chi connectivity index (χ0v) is 15.1. The fourth-order valence-electron chi connectivity index (χ4n) is 3.06. The van der Waals surface area contributed by atoms with Gasteiger partial charge in [-0.2, -0.15) is 0 Å². The fourth-order valence-corrected chi connectivity index (χ4v) is 3.06. The Bertz CT molecular complexity index is 570. The summed E-state index contributed by atoms with van der Waals surface area (Å²) in [6.45, 7) is 4.47. The summed E-state index contributed by atoms with van der Waals surface area (Å²) in [6.07, 6.45) is 5.15. The second-order valence-corrected chi connectivity index (χ2v) is 6.53. The molecule has 2 rings (SSSR count). The highest BCUT2D eigenvalue weighted by Crippen LogP contribution is 2.23. The summed E-state index contributed by atoms with van der Waals surface area (Å²) in [4.78, 5) is 26.8. The molecule has 1 saturated heterocycles. The van der Waals surface area contributed by atoms with E-state index in [1.807, 2.05) is 18.2 Å². The van der Waals surface area contributed by atoms with Gasteiger partial charge >= 0.3 is 0 Å². The van der Waals surface area contributed by atoms with Gasteiger partial charge in [-0.1, -0.05) is 25.8 Å². The highest BCUT2D eigenvalue weighted by molar-refractivity contribution is 5.97. The first kappa shape index (κ1) is 19.2. The summed E-state index contributed by atoms with van der Waals surface area (Å²) >= 11 is 0. The number of amides is 2. The minimum atomic E-state index is -0.519. The third-order valence-corrected chi connectivity index (χ3v) is 4.45. The lowest BCUT2D eigenvalue weighted by Gasteiger charge is -2.20. The summed E-state index contributed by atoms with van der Waals surface area (Å²) in [5.41, 5.74) is 7.31. The maximum Gasteiger partial charge on any atom is 0.246 e. The van der Waals surface area contributed by atoms with Crippen molar-refractivity contribution in [3.8, 4) is 0 Å². The molecule has 0 bridgehead atoms. The summed E-state index contributed by atoms with van der Waals surface area (Å²) in [6, 6.07) is 7.39. The molecule has 2 amide bonds. The van der Waals surface area contributed by atoms with Gasteiger partial charge in [0.15, 0.2) is 0 Å². The van der Waals surface area contributed by atoms with Crippen LogP contribution in [0.4, 0.5) is 11.4 Å². The van der Waals surface area contributed by atoms with Gasteiger partial charge in [0.25, 0.3) is 0 Å². The molecule has 1 aromatic rings. The normalized spacial score (nSPS) is 15.0. The number of hydrogen-bond donors (Lipinski definition) is 3. The average molecular weight is 346 g/mol. The second kappa shape index (κ2) is 10.0. The van der Waals surface area contributed by atoms with Crippen molar-refractivity contribution < 1.29 is 9.59 Å². The van der Waals surface area contributed by atoms with Gasteiger partial charge in [0.1, 0.15) is 6.04 Å². The first-order chi connectivity index (χ1) is 12.1. The van der Waals surface area contributed by atoms with Crippen LogP contribution < -0.4 is 21.3 Å². The van der Waals surface area contributed by atoms with E-state index in [1.54, 1.807) is 0 Å². The van der Waals surface area contributed by atoms with E-state index in [1.165, 1.54) is 12.8 Å². The van der Waals surface area contributed by atoms with Crippen LogP contribution in [-0.2, 0) is 9.59 Å². The highest BCUT2D eigenvalue weighted by atomic mass is 16.2. The van der Waals surface area contributed by atoms with Crippen molar-refractivity contribution in [3.05, 3.63) is 24.3 Å². The third kappa shape index (κ3) is 6.05. The van der Waals surface area contributed by atoms with E-state index in [4.69, 9.17) is 5.73 Å². The molecule has 4 N–H and O–H groups in total. The quantitative estimate of drug-likeness (QED) is 0.640. The Hall–Kier alpha value is -2.08. The van der Waals surface area contributed by atoms with E-state index >= 15 is 0 Å². The minimum absolute atomic E-state index is 0.169. The van der Waals surface area contributed by atoms with Gasteiger partial charge in [0, 0.05) is 37.4 Å². The summed E-state index contributed by atoms with van der Waals surface area (Å²) < 4.78 is 0. The lowest BCUT2D eigenvalue weighted by molar-refractivity contribution is -0.126. The zero-order chi connectivity index (χ0) is 18.1. The number of carbonyl (C=O) groups is 2. The Morgan fingerprint density at radius 2 is 2.04 bits per heavy atom. The van der Waals surface area contributed by atoms with E-state index < -0.39 is 6.04 Å². The highest BCUT2D eigenvalue weighted by Gasteiger charge is 2.20. The van der Waals surface area contributed by atoms with Crippen molar-refractivity contribution in [2.24, 2.45) is 5.73 Å². The van der Waals surface area contributed by atoms with E-state index in [0.717, 1.165) is 37.3 Å². The van der Waals surface area contributed by atoms with Crippen molar-refractivity contribution in [3.63, 3.8) is 0 Å². The Morgan fingerprint density at radius 3 is 2.72 bits per heavy atom. The van der Waals surface area contributed by atoms with Gasteiger partial charge < -0.3 is 21.3 Å². The number of rotatable bonds is 9. The monoisotopic (exact) mass is 346 g/mol. The number of anilines is 2. The van der Waals surface area contributed by atoms with Crippen LogP contribution in [0.25, 0.3) is 0 Å². The van der Waals surface area contributed by atoms with Crippen molar-refractivity contribution in [2.75, 3.05) is 29.9 Å². The summed E-state index contributed by atoms with van der Waals surface area (Å²) in [7, 11) is 0. The van der Waals surface area contributed by atoms with Gasteiger partial charge in [-0.3, -0.25) is 9.59 Å². The SMILES string of the molecule is CCCCC(NC(=O)CCN)C(=O)Nc1cccc(N2CCCC2)c1. The van der Waals surface area contributed by atoms with Gasteiger partial charge in [-0.05, 0) is 37.5 Å². The van der Waals surface area contributed by atoms with Gasteiger partial charge in [0.2, 0.25) is 11.8 Å². The second-order valence-electron chi connectivity index (χ2n) is 6.53. The Labute approximate surface area is 150 Å². The molecule has 6 heteroatoms. The zero-order valence-electron chi connectivity index (χ0n) is 15.1. The molecule has 1 atom stereocenters. The van der Waals surface area contributed by atoms with Crippen LogP contribution in [0, 0.1) is 0 Å². The fraction of sp³-hybridized carbons (Fsp3) is 0.579. The number of hydrogen-bond acceptors (Lipinski definition) is 4. The number of carbonyl (C=O) groups excluding carboxylic acids is 2. The molecule has 0 spiro atoms. The molecule has 0 aromatic heterocycles. The lowest BCUT2D eigenvalue weighted by Crippen LogP contribution is -2.44. The molecule has 1 aliphatic heterocycles.